The smallest absolute Gasteiger partial charge is 0.387 e. The second kappa shape index (κ2) is 4.60. The zero-order chi connectivity index (χ0) is 13.3. The normalized spacial score (nSPS) is 14.8. The molecule has 0 fully saturated rings. The topological polar surface area (TPSA) is 20.2 Å². The van der Waals surface area contributed by atoms with E-state index in [1.165, 1.54) is 0 Å². The molecule has 96 valence electrons. The monoisotopic (exact) mass is 254 g/mol. The molecule has 0 bridgehead atoms. The molecule has 1 aromatic carbocycles. The standard InChI is InChI=1S/C11H11F5O/c1-7(17)10(12,13)6-8-2-4-9(5-3-8)11(14,15)16/h2-5,7,17H,6H2,1H3. The Hall–Kier alpha value is -1.17. The molecular weight excluding hydrogens is 243 g/mol. The van der Waals surface area contributed by atoms with E-state index in [0.717, 1.165) is 31.2 Å². The van der Waals surface area contributed by atoms with Crippen molar-refractivity contribution >= 4 is 0 Å². The molecule has 0 aliphatic heterocycles. The van der Waals surface area contributed by atoms with Gasteiger partial charge in [0, 0.05) is 6.42 Å². The lowest BCUT2D eigenvalue weighted by Gasteiger charge is -2.19. The molecule has 17 heavy (non-hydrogen) atoms. The van der Waals surface area contributed by atoms with Gasteiger partial charge < -0.3 is 5.11 Å². The number of alkyl halides is 5. The Morgan fingerprint density at radius 3 is 1.88 bits per heavy atom. The lowest BCUT2D eigenvalue weighted by atomic mass is 10.0. The SMILES string of the molecule is CC(O)C(F)(F)Cc1ccc(C(F)(F)F)cc1. The predicted octanol–water partition coefficient (Wildman–Crippen LogP) is 3.26. The largest absolute Gasteiger partial charge is 0.416 e. The van der Waals surface area contributed by atoms with E-state index in [1.54, 1.807) is 0 Å². The lowest BCUT2D eigenvalue weighted by molar-refractivity contribution is -0.137. The van der Waals surface area contributed by atoms with Crippen molar-refractivity contribution in [1.29, 1.82) is 0 Å². The van der Waals surface area contributed by atoms with Gasteiger partial charge in [0.05, 0.1) is 5.56 Å². The van der Waals surface area contributed by atoms with Crippen molar-refractivity contribution in [2.45, 2.75) is 31.5 Å². The van der Waals surface area contributed by atoms with Crippen LogP contribution in [0.4, 0.5) is 22.0 Å². The molecule has 6 heteroatoms. The zero-order valence-electron chi connectivity index (χ0n) is 8.93. The van der Waals surface area contributed by atoms with Crippen molar-refractivity contribution in [1.82, 2.24) is 0 Å². The van der Waals surface area contributed by atoms with Crippen LogP contribution in [-0.2, 0) is 12.6 Å². The van der Waals surface area contributed by atoms with Crippen LogP contribution in [0.2, 0.25) is 0 Å². The molecule has 1 rings (SSSR count). The fourth-order valence-corrected chi connectivity index (χ4v) is 1.23. The zero-order valence-corrected chi connectivity index (χ0v) is 8.93. The van der Waals surface area contributed by atoms with Gasteiger partial charge in [-0.25, -0.2) is 8.78 Å². The Morgan fingerprint density at radius 2 is 1.53 bits per heavy atom. The number of rotatable bonds is 3. The summed E-state index contributed by atoms with van der Waals surface area (Å²) in [6, 6.07) is 3.46. The van der Waals surface area contributed by atoms with Gasteiger partial charge in [0.15, 0.2) is 0 Å². The van der Waals surface area contributed by atoms with Gasteiger partial charge in [-0.3, -0.25) is 0 Å². The molecule has 0 amide bonds. The summed E-state index contributed by atoms with van der Waals surface area (Å²) in [6.07, 6.45) is -7.11. The van der Waals surface area contributed by atoms with Crippen LogP contribution in [0, 0.1) is 0 Å². The number of hydrogen-bond donors (Lipinski definition) is 1. The fraction of sp³-hybridized carbons (Fsp3) is 0.455. The maximum Gasteiger partial charge on any atom is 0.416 e. The second-order valence-corrected chi connectivity index (χ2v) is 3.81. The summed E-state index contributed by atoms with van der Waals surface area (Å²) in [6.45, 7) is 0.935. The third-order valence-electron chi connectivity index (χ3n) is 2.33. The van der Waals surface area contributed by atoms with Crippen molar-refractivity contribution in [3.8, 4) is 0 Å². The summed E-state index contributed by atoms with van der Waals surface area (Å²) in [7, 11) is 0. The minimum atomic E-state index is -4.48. The van der Waals surface area contributed by atoms with E-state index < -0.39 is 30.2 Å². The minimum absolute atomic E-state index is 0.0453. The van der Waals surface area contributed by atoms with Gasteiger partial charge in [0.1, 0.15) is 6.10 Å². The van der Waals surface area contributed by atoms with Gasteiger partial charge in [-0.15, -0.1) is 0 Å². The Bertz CT molecular complexity index is 366. The highest BCUT2D eigenvalue weighted by Crippen LogP contribution is 2.30. The van der Waals surface area contributed by atoms with Gasteiger partial charge in [-0.2, -0.15) is 13.2 Å². The van der Waals surface area contributed by atoms with Gasteiger partial charge in [-0.1, -0.05) is 12.1 Å². The van der Waals surface area contributed by atoms with Gasteiger partial charge in [0.2, 0.25) is 0 Å². The van der Waals surface area contributed by atoms with Crippen LogP contribution in [-0.4, -0.2) is 17.1 Å². The molecule has 0 aliphatic rings. The molecule has 0 spiro atoms. The van der Waals surface area contributed by atoms with Crippen molar-refractivity contribution in [2.24, 2.45) is 0 Å². The first-order valence-electron chi connectivity index (χ1n) is 4.85. The highest BCUT2D eigenvalue weighted by Gasteiger charge is 2.35. The maximum atomic E-state index is 13.1. The number of aliphatic hydroxyl groups is 1. The molecule has 1 atom stereocenters. The summed E-state index contributed by atoms with van der Waals surface area (Å²) in [4.78, 5) is 0. The quantitative estimate of drug-likeness (QED) is 0.821. The van der Waals surface area contributed by atoms with Gasteiger partial charge >= 0.3 is 6.18 Å². The number of aliphatic hydroxyl groups excluding tert-OH is 1. The van der Waals surface area contributed by atoms with Crippen molar-refractivity contribution in [2.75, 3.05) is 0 Å². The number of halogens is 5. The van der Waals surface area contributed by atoms with Crippen molar-refractivity contribution in [3.63, 3.8) is 0 Å². The molecule has 0 aliphatic carbocycles. The molecule has 0 saturated heterocycles. The molecule has 0 aromatic heterocycles. The molecule has 0 radical (unpaired) electrons. The predicted molar refractivity (Wildman–Crippen MR) is 51.8 cm³/mol. The average Bonchev–Trinajstić information content (AvgIpc) is 2.16. The van der Waals surface area contributed by atoms with Crippen LogP contribution in [0.15, 0.2) is 24.3 Å². The maximum absolute atomic E-state index is 13.1. The molecule has 1 unspecified atom stereocenters. The Kier molecular flexibility index (Phi) is 3.76. The fourth-order valence-electron chi connectivity index (χ4n) is 1.23. The Balaban J connectivity index is 2.83. The van der Waals surface area contributed by atoms with Crippen LogP contribution in [0.1, 0.15) is 18.1 Å². The first-order chi connectivity index (χ1) is 7.63. The Morgan fingerprint density at radius 1 is 1.06 bits per heavy atom. The van der Waals surface area contributed by atoms with E-state index in [4.69, 9.17) is 5.11 Å². The van der Waals surface area contributed by atoms with E-state index >= 15 is 0 Å². The minimum Gasteiger partial charge on any atom is -0.387 e. The molecular formula is C11H11F5O. The van der Waals surface area contributed by atoms with E-state index in [9.17, 15) is 22.0 Å². The van der Waals surface area contributed by atoms with Crippen molar-refractivity contribution < 1.29 is 27.1 Å². The third kappa shape index (κ3) is 3.66. The van der Waals surface area contributed by atoms with Crippen molar-refractivity contribution in [3.05, 3.63) is 35.4 Å². The van der Waals surface area contributed by atoms with Crippen LogP contribution in [0.3, 0.4) is 0 Å². The highest BCUT2D eigenvalue weighted by molar-refractivity contribution is 5.25. The lowest BCUT2D eigenvalue weighted by Crippen LogP contribution is -2.33. The first-order valence-corrected chi connectivity index (χ1v) is 4.85. The van der Waals surface area contributed by atoms with E-state index in [2.05, 4.69) is 0 Å². The molecule has 1 aromatic rings. The van der Waals surface area contributed by atoms with E-state index in [1.807, 2.05) is 0 Å². The van der Waals surface area contributed by atoms with Crippen LogP contribution in [0.5, 0.6) is 0 Å². The van der Waals surface area contributed by atoms with E-state index in [-0.39, 0.29) is 5.56 Å². The van der Waals surface area contributed by atoms with Crippen LogP contribution >= 0.6 is 0 Å². The average molecular weight is 254 g/mol. The molecule has 1 N–H and O–H groups in total. The third-order valence-corrected chi connectivity index (χ3v) is 2.33. The molecule has 1 nitrogen and oxygen atoms in total. The summed E-state index contributed by atoms with van der Waals surface area (Å²) in [5, 5.41) is 8.80. The number of benzene rings is 1. The second-order valence-electron chi connectivity index (χ2n) is 3.81. The highest BCUT2D eigenvalue weighted by atomic mass is 19.4. The summed E-state index contributed by atoms with van der Waals surface area (Å²) in [5.74, 6) is -3.35. The Labute approximate surface area is 94.9 Å². The number of hydrogen-bond acceptors (Lipinski definition) is 1. The molecule has 0 saturated carbocycles. The van der Waals surface area contributed by atoms with Gasteiger partial charge in [-0.05, 0) is 24.6 Å². The summed E-state index contributed by atoms with van der Waals surface area (Å²) in [5.41, 5.74) is -0.842. The van der Waals surface area contributed by atoms with Crippen LogP contribution in [0.25, 0.3) is 0 Å². The van der Waals surface area contributed by atoms with E-state index in [0.29, 0.717) is 0 Å². The first kappa shape index (κ1) is 13.9. The molecule has 0 heterocycles. The van der Waals surface area contributed by atoms with Crippen LogP contribution < -0.4 is 0 Å². The van der Waals surface area contributed by atoms with Gasteiger partial charge in [0.25, 0.3) is 5.92 Å². The summed E-state index contributed by atoms with van der Waals surface area (Å²) < 4.78 is 62.8. The summed E-state index contributed by atoms with van der Waals surface area (Å²) >= 11 is 0.